The third-order valence-electron chi connectivity index (χ3n) is 2.57. The van der Waals surface area contributed by atoms with Crippen molar-refractivity contribution in [2.24, 2.45) is 0 Å². The van der Waals surface area contributed by atoms with Crippen LogP contribution in [0.2, 0.25) is 0 Å². The standard InChI is InChI=1S/C13H15N3OS/c1-8-3-4-11(18-8)7-16-13(17)12-5-10(14)6-15-9(12)2/h3-6H,7,14H2,1-2H3,(H,16,17). The van der Waals surface area contributed by atoms with Crippen LogP contribution in [-0.2, 0) is 6.54 Å². The molecule has 0 aliphatic heterocycles. The molecule has 4 nitrogen and oxygen atoms in total. The number of nitrogens with one attached hydrogen (secondary N) is 1. The van der Waals surface area contributed by atoms with Crippen molar-refractivity contribution in [2.45, 2.75) is 20.4 Å². The topological polar surface area (TPSA) is 68.0 Å². The lowest BCUT2D eigenvalue weighted by Gasteiger charge is -2.06. The van der Waals surface area contributed by atoms with Crippen LogP contribution >= 0.6 is 11.3 Å². The van der Waals surface area contributed by atoms with Crippen LogP contribution in [0, 0.1) is 13.8 Å². The normalized spacial score (nSPS) is 10.3. The molecule has 3 N–H and O–H groups in total. The van der Waals surface area contributed by atoms with Crippen molar-refractivity contribution >= 4 is 22.9 Å². The number of anilines is 1. The van der Waals surface area contributed by atoms with Crippen LogP contribution in [0.25, 0.3) is 0 Å². The molecule has 18 heavy (non-hydrogen) atoms. The van der Waals surface area contributed by atoms with Crippen molar-refractivity contribution in [3.63, 3.8) is 0 Å². The average Bonchev–Trinajstić information content (AvgIpc) is 2.75. The predicted molar refractivity (Wildman–Crippen MR) is 73.6 cm³/mol. The molecule has 0 fully saturated rings. The number of rotatable bonds is 3. The molecule has 0 saturated carbocycles. The molecule has 2 rings (SSSR count). The van der Waals surface area contributed by atoms with E-state index in [9.17, 15) is 4.79 Å². The summed E-state index contributed by atoms with van der Waals surface area (Å²) >= 11 is 1.68. The SMILES string of the molecule is Cc1ccc(CNC(=O)c2cc(N)cnc2C)s1. The van der Waals surface area contributed by atoms with Gasteiger partial charge in [-0.05, 0) is 32.0 Å². The van der Waals surface area contributed by atoms with E-state index in [-0.39, 0.29) is 5.91 Å². The summed E-state index contributed by atoms with van der Waals surface area (Å²) in [4.78, 5) is 18.4. The Kier molecular flexibility index (Phi) is 3.62. The van der Waals surface area contributed by atoms with Gasteiger partial charge < -0.3 is 11.1 Å². The number of nitrogen functional groups attached to an aromatic ring is 1. The summed E-state index contributed by atoms with van der Waals surface area (Å²) in [5, 5.41) is 2.87. The summed E-state index contributed by atoms with van der Waals surface area (Å²) in [7, 11) is 0. The maximum atomic E-state index is 12.0. The minimum atomic E-state index is -0.140. The fourth-order valence-electron chi connectivity index (χ4n) is 1.62. The summed E-state index contributed by atoms with van der Waals surface area (Å²) in [5.74, 6) is -0.140. The fraction of sp³-hybridized carbons (Fsp3) is 0.231. The molecule has 5 heteroatoms. The molecule has 0 aliphatic rings. The van der Waals surface area contributed by atoms with Gasteiger partial charge in [0.1, 0.15) is 0 Å². The second kappa shape index (κ2) is 5.18. The summed E-state index contributed by atoms with van der Waals surface area (Å²) in [5.41, 5.74) is 7.35. The lowest BCUT2D eigenvalue weighted by molar-refractivity contribution is 0.0950. The van der Waals surface area contributed by atoms with Crippen LogP contribution < -0.4 is 11.1 Å². The molecule has 0 radical (unpaired) electrons. The Morgan fingerprint density at radius 3 is 2.89 bits per heavy atom. The minimum absolute atomic E-state index is 0.140. The van der Waals surface area contributed by atoms with E-state index in [0.717, 1.165) is 4.88 Å². The van der Waals surface area contributed by atoms with Crippen molar-refractivity contribution in [1.29, 1.82) is 0 Å². The molecule has 0 saturated heterocycles. The second-order valence-corrected chi connectivity index (χ2v) is 5.47. The largest absolute Gasteiger partial charge is 0.397 e. The number of nitrogens with two attached hydrogens (primary N) is 1. The Balaban J connectivity index is 2.05. The van der Waals surface area contributed by atoms with E-state index >= 15 is 0 Å². The molecule has 0 aliphatic carbocycles. The summed E-state index contributed by atoms with van der Waals surface area (Å²) in [6.07, 6.45) is 1.55. The highest BCUT2D eigenvalue weighted by Crippen LogP contribution is 2.15. The zero-order valence-corrected chi connectivity index (χ0v) is 11.2. The maximum Gasteiger partial charge on any atom is 0.253 e. The Hall–Kier alpha value is -1.88. The monoisotopic (exact) mass is 261 g/mol. The lowest BCUT2D eigenvalue weighted by Crippen LogP contribution is -2.23. The van der Waals surface area contributed by atoms with E-state index in [1.807, 2.05) is 19.1 Å². The zero-order valence-electron chi connectivity index (χ0n) is 10.4. The Morgan fingerprint density at radius 1 is 1.44 bits per heavy atom. The van der Waals surface area contributed by atoms with Gasteiger partial charge >= 0.3 is 0 Å². The first-order valence-corrected chi connectivity index (χ1v) is 6.43. The van der Waals surface area contributed by atoms with Crippen LogP contribution in [0.3, 0.4) is 0 Å². The van der Waals surface area contributed by atoms with E-state index < -0.39 is 0 Å². The lowest BCUT2D eigenvalue weighted by atomic mass is 10.2. The first kappa shape index (κ1) is 12.6. The van der Waals surface area contributed by atoms with Gasteiger partial charge in [0.15, 0.2) is 0 Å². The summed E-state index contributed by atoms with van der Waals surface area (Å²) in [6, 6.07) is 5.71. The van der Waals surface area contributed by atoms with Crippen LogP contribution in [-0.4, -0.2) is 10.9 Å². The van der Waals surface area contributed by atoms with Gasteiger partial charge in [-0.3, -0.25) is 9.78 Å². The first-order chi connectivity index (χ1) is 8.56. The molecule has 0 unspecified atom stereocenters. The number of pyridine rings is 1. The molecular formula is C13H15N3OS. The molecule has 0 spiro atoms. The van der Waals surface area contributed by atoms with E-state index in [1.165, 1.54) is 4.88 Å². The molecule has 2 aromatic rings. The van der Waals surface area contributed by atoms with Crippen molar-refractivity contribution < 1.29 is 4.79 Å². The van der Waals surface area contributed by atoms with Gasteiger partial charge in [-0.1, -0.05) is 0 Å². The smallest absolute Gasteiger partial charge is 0.253 e. The first-order valence-electron chi connectivity index (χ1n) is 5.62. The van der Waals surface area contributed by atoms with Crippen molar-refractivity contribution in [2.75, 3.05) is 5.73 Å². The van der Waals surface area contributed by atoms with E-state index in [4.69, 9.17) is 5.73 Å². The van der Waals surface area contributed by atoms with Crippen molar-refractivity contribution in [1.82, 2.24) is 10.3 Å². The number of nitrogens with zero attached hydrogens (tertiary/aromatic N) is 1. The van der Waals surface area contributed by atoms with Crippen molar-refractivity contribution in [3.05, 3.63) is 45.4 Å². The highest BCUT2D eigenvalue weighted by Gasteiger charge is 2.10. The van der Waals surface area contributed by atoms with Gasteiger partial charge in [0.05, 0.1) is 29.7 Å². The minimum Gasteiger partial charge on any atom is -0.397 e. The Morgan fingerprint density at radius 2 is 2.22 bits per heavy atom. The van der Waals surface area contributed by atoms with Crippen molar-refractivity contribution in [3.8, 4) is 0 Å². The summed E-state index contributed by atoms with van der Waals surface area (Å²) < 4.78 is 0. The van der Waals surface area contributed by atoms with E-state index in [2.05, 4.69) is 10.3 Å². The van der Waals surface area contributed by atoms with Crippen LogP contribution in [0.5, 0.6) is 0 Å². The van der Waals surface area contributed by atoms with Gasteiger partial charge in [0.25, 0.3) is 5.91 Å². The van der Waals surface area contributed by atoms with E-state index in [0.29, 0.717) is 23.5 Å². The van der Waals surface area contributed by atoms with Gasteiger partial charge in [-0.25, -0.2) is 0 Å². The van der Waals surface area contributed by atoms with Gasteiger partial charge in [-0.2, -0.15) is 0 Å². The Labute approximate surface area is 110 Å². The molecule has 2 heterocycles. The molecule has 94 valence electrons. The predicted octanol–water partition coefficient (Wildman–Crippen LogP) is 2.27. The highest BCUT2D eigenvalue weighted by molar-refractivity contribution is 7.11. The number of amides is 1. The number of aryl methyl sites for hydroxylation is 2. The molecule has 0 bridgehead atoms. The van der Waals surface area contributed by atoms with Crippen LogP contribution in [0.4, 0.5) is 5.69 Å². The third-order valence-corrected chi connectivity index (χ3v) is 3.57. The van der Waals surface area contributed by atoms with Gasteiger partial charge in [0, 0.05) is 9.75 Å². The number of thiophene rings is 1. The number of carbonyl (C=O) groups excluding carboxylic acids is 1. The summed E-state index contributed by atoms with van der Waals surface area (Å²) in [6.45, 7) is 4.37. The van der Waals surface area contributed by atoms with E-state index in [1.54, 1.807) is 30.5 Å². The maximum absolute atomic E-state index is 12.0. The molecule has 1 amide bonds. The number of aromatic nitrogens is 1. The fourth-order valence-corrected chi connectivity index (χ4v) is 2.45. The molecule has 0 aromatic carbocycles. The number of hydrogen-bond donors (Lipinski definition) is 2. The highest BCUT2D eigenvalue weighted by atomic mass is 32.1. The van der Waals surface area contributed by atoms with Crippen LogP contribution in [0.1, 0.15) is 25.8 Å². The Bertz CT molecular complexity index is 577. The quantitative estimate of drug-likeness (QED) is 0.890. The second-order valence-electron chi connectivity index (χ2n) is 4.10. The average molecular weight is 261 g/mol. The van der Waals surface area contributed by atoms with Gasteiger partial charge in [-0.15, -0.1) is 11.3 Å². The zero-order chi connectivity index (χ0) is 13.1. The van der Waals surface area contributed by atoms with Crippen LogP contribution in [0.15, 0.2) is 24.4 Å². The number of carbonyl (C=O) groups is 1. The third kappa shape index (κ3) is 2.87. The number of hydrogen-bond acceptors (Lipinski definition) is 4. The van der Waals surface area contributed by atoms with Gasteiger partial charge in [0.2, 0.25) is 0 Å². The molecular weight excluding hydrogens is 246 g/mol. The molecule has 2 aromatic heterocycles. The molecule has 0 atom stereocenters.